The molecule has 3 nitrogen and oxygen atoms in total. The van der Waals surface area contributed by atoms with Gasteiger partial charge in [-0.1, -0.05) is 12.1 Å². The molecule has 1 atom stereocenters. The fraction of sp³-hybridized carbons (Fsp3) is 0.333. The number of nitrogen functional groups attached to an aromatic ring is 1. The van der Waals surface area contributed by atoms with E-state index in [0.717, 1.165) is 16.8 Å². The minimum absolute atomic E-state index is 0.0513. The predicted octanol–water partition coefficient (Wildman–Crippen LogP) is 0.569. The Hall–Kier alpha value is -1.06. The highest BCUT2D eigenvalue weighted by molar-refractivity contribution is 5.50. The van der Waals surface area contributed by atoms with Gasteiger partial charge in [-0.05, 0) is 24.1 Å². The van der Waals surface area contributed by atoms with Crippen molar-refractivity contribution in [2.45, 2.75) is 13.0 Å². The van der Waals surface area contributed by atoms with E-state index >= 15 is 0 Å². The number of hydrogen-bond acceptors (Lipinski definition) is 3. The summed E-state index contributed by atoms with van der Waals surface area (Å²) in [5, 5.41) is 8.84. The van der Waals surface area contributed by atoms with E-state index in [1.54, 1.807) is 0 Å². The molecule has 0 aromatic heterocycles. The Kier molecular flexibility index (Phi) is 2.68. The molecule has 0 fully saturated rings. The van der Waals surface area contributed by atoms with Crippen LogP contribution in [0.1, 0.15) is 17.2 Å². The second-order valence-corrected chi connectivity index (χ2v) is 2.85. The van der Waals surface area contributed by atoms with Crippen LogP contribution in [0.5, 0.6) is 0 Å². The Morgan fingerprint density at radius 3 is 2.75 bits per heavy atom. The maximum Gasteiger partial charge on any atom is 0.0624 e. The van der Waals surface area contributed by atoms with E-state index < -0.39 is 0 Å². The van der Waals surface area contributed by atoms with Crippen molar-refractivity contribution >= 4 is 5.69 Å². The quantitative estimate of drug-likeness (QED) is 0.562. The molecule has 0 bridgehead atoms. The molecule has 0 amide bonds. The summed E-state index contributed by atoms with van der Waals surface area (Å²) in [6.45, 7) is 1.85. The second-order valence-electron chi connectivity index (χ2n) is 2.85. The Morgan fingerprint density at radius 2 is 2.17 bits per heavy atom. The lowest BCUT2D eigenvalue weighted by molar-refractivity contribution is 0.267. The fourth-order valence-electron chi connectivity index (χ4n) is 1.17. The van der Waals surface area contributed by atoms with Gasteiger partial charge in [0.2, 0.25) is 0 Å². The smallest absolute Gasteiger partial charge is 0.0624 e. The molecule has 0 spiro atoms. The van der Waals surface area contributed by atoms with Gasteiger partial charge < -0.3 is 16.6 Å². The van der Waals surface area contributed by atoms with Crippen LogP contribution in [0.25, 0.3) is 0 Å². The van der Waals surface area contributed by atoms with Crippen LogP contribution < -0.4 is 11.5 Å². The molecule has 0 aliphatic heterocycles. The molecule has 1 aromatic carbocycles. The third kappa shape index (κ3) is 1.57. The molecular weight excluding hydrogens is 152 g/mol. The number of nitrogens with two attached hydrogens (primary N) is 2. The van der Waals surface area contributed by atoms with Gasteiger partial charge in [0.15, 0.2) is 0 Å². The van der Waals surface area contributed by atoms with E-state index in [9.17, 15) is 0 Å². The minimum Gasteiger partial charge on any atom is -0.399 e. The summed E-state index contributed by atoms with van der Waals surface area (Å²) in [5.74, 6) is 0. The van der Waals surface area contributed by atoms with Gasteiger partial charge in [0.05, 0.1) is 12.6 Å². The van der Waals surface area contributed by atoms with Gasteiger partial charge in [-0.2, -0.15) is 0 Å². The molecule has 0 saturated carbocycles. The summed E-state index contributed by atoms with van der Waals surface area (Å²) in [5.41, 5.74) is 13.9. The highest BCUT2D eigenvalue weighted by Gasteiger charge is 2.08. The zero-order valence-corrected chi connectivity index (χ0v) is 7.12. The van der Waals surface area contributed by atoms with Crippen LogP contribution >= 0.6 is 0 Å². The van der Waals surface area contributed by atoms with Crippen molar-refractivity contribution in [1.29, 1.82) is 0 Å². The molecule has 12 heavy (non-hydrogen) atoms. The molecule has 0 aliphatic carbocycles. The van der Waals surface area contributed by atoms with Crippen LogP contribution in [-0.4, -0.2) is 11.7 Å². The van der Waals surface area contributed by atoms with Gasteiger partial charge in [0.25, 0.3) is 0 Å². The van der Waals surface area contributed by atoms with Gasteiger partial charge in [0, 0.05) is 5.69 Å². The molecule has 0 saturated heterocycles. The standard InChI is InChI=1S/C9H14N2O/c1-6-7(9(11)5-12)3-2-4-8(6)10/h2-4,9,12H,5,10-11H2,1H3/t9-/m1/s1. The SMILES string of the molecule is Cc1c(N)cccc1[C@H](N)CO. The largest absolute Gasteiger partial charge is 0.399 e. The lowest BCUT2D eigenvalue weighted by Crippen LogP contribution is -2.16. The van der Waals surface area contributed by atoms with Crippen LogP contribution in [0.4, 0.5) is 5.69 Å². The van der Waals surface area contributed by atoms with Crippen LogP contribution in [0.15, 0.2) is 18.2 Å². The van der Waals surface area contributed by atoms with Crippen molar-refractivity contribution in [2.75, 3.05) is 12.3 Å². The maximum atomic E-state index is 8.84. The molecule has 0 unspecified atom stereocenters. The maximum absolute atomic E-state index is 8.84. The highest BCUT2D eigenvalue weighted by Crippen LogP contribution is 2.20. The molecule has 0 heterocycles. The molecule has 0 radical (unpaired) electrons. The fourth-order valence-corrected chi connectivity index (χ4v) is 1.17. The Morgan fingerprint density at radius 1 is 1.50 bits per heavy atom. The summed E-state index contributed by atoms with van der Waals surface area (Å²) in [6, 6.07) is 5.22. The molecule has 1 rings (SSSR count). The van der Waals surface area contributed by atoms with Gasteiger partial charge in [0.1, 0.15) is 0 Å². The lowest BCUT2D eigenvalue weighted by Gasteiger charge is -2.12. The average molecular weight is 166 g/mol. The first-order valence-electron chi connectivity index (χ1n) is 3.88. The second kappa shape index (κ2) is 3.56. The Bertz CT molecular complexity index is 273. The summed E-state index contributed by atoms with van der Waals surface area (Å²) in [7, 11) is 0. The van der Waals surface area contributed by atoms with E-state index in [1.165, 1.54) is 0 Å². The van der Waals surface area contributed by atoms with E-state index in [2.05, 4.69) is 0 Å². The molecule has 3 heteroatoms. The summed E-state index contributed by atoms with van der Waals surface area (Å²) in [6.07, 6.45) is 0. The van der Waals surface area contributed by atoms with E-state index in [1.807, 2.05) is 25.1 Å². The zero-order chi connectivity index (χ0) is 9.14. The normalized spacial score (nSPS) is 12.9. The first kappa shape index (κ1) is 9.03. The third-order valence-electron chi connectivity index (χ3n) is 2.01. The highest BCUT2D eigenvalue weighted by atomic mass is 16.3. The number of benzene rings is 1. The van der Waals surface area contributed by atoms with Crippen molar-refractivity contribution in [2.24, 2.45) is 5.73 Å². The van der Waals surface area contributed by atoms with Crippen LogP contribution in [-0.2, 0) is 0 Å². The topological polar surface area (TPSA) is 72.3 Å². The van der Waals surface area contributed by atoms with Gasteiger partial charge in [-0.3, -0.25) is 0 Å². The van der Waals surface area contributed by atoms with Crippen molar-refractivity contribution in [1.82, 2.24) is 0 Å². The Labute approximate surface area is 72.0 Å². The molecular formula is C9H14N2O. The van der Waals surface area contributed by atoms with E-state index in [0.29, 0.717) is 0 Å². The van der Waals surface area contributed by atoms with Crippen molar-refractivity contribution in [3.8, 4) is 0 Å². The third-order valence-corrected chi connectivity index (χ3v) is 2.01. The van der Waals surface area contributed by atoms with Crippen molar-refractivity contribution in [3.05, 3.63) is 29.3 Å². The van der Waals surface area contributed by atoms with Crippen LogP contribution in [0, 0.1) is 6.92 Å². The summed E-state index contributed by atoms with van der Waals surface area (Å²) in [4.78, 5) is 0. The van der Waals surface area contributed by atoms with Gasteiger partial charge in [-0.25, -0.2) is 0 Å². The average Bonchev–Trinajstić information content (AvgIpc) is 2.08. The molecule has 1 aromatic rings. The number of anilines is 1. The lowest BCUT2D eigenvalue weighted by atomic mass is 10.0. The van der Waals surface area contributed by atoms with Crippen molar-refractivity contribution < 1.29 is 5.11 Å². The first-order valence-corrected chi connectivity index (χ1v) is 3.88. The summed E-state index contributed by atoms with van der Waals surface area (Å²) < 4.78 is 0. The monoisotopic (exact) mass is 166 g/mol. The Balaban J connectivity index is 3.07. The predicted molar refractivity (Wildman–Crippen MR) is 49.6 cm³/mol. The zero-order valence-electron chi connectivity index (χ0n) is 7.12. The van der Waals surface area contributed by atoms with E-state index in [4.69, 9.17) is 16.6 Å². The van der Waals surface area contributed by atoms with Crippen LogP contribution in [0.3, 0.4) is 0 Å². The molecule has 5 N–H and O–H groups in total. The number of aliphatic hydroxyl groups excluding tert-OH is 1. The minimum atomic E-state index is -0.325. The number of aliphatic hydroxyl groups is 1. The molecule has 0 aliphatic rings. The van der Waals surface area contributed by atoms with Gasteiger partial charge >= 0.3 is 0 Å². The number of hydrogen-bond donors (Lipinski definition) is 3. The summed E-state index contributed by atoms with van der Waals surface area (Å²) >= 11 is 0. The van der Waals surface area contributed by atoms with Crippen molar-refractivity contribution in [3.63, 3.8) is 0 Å². The number of rotatable bonds is 2. The van der Waals surface area contributed by atoms with Gasteiger partial charge in [-0.15, -0.1) is 0 Å². The van der Waals surface area contributed by atoms with Crippen LogP contribution in [0.2, 0.25) is 0 Å². The molecule has 66 valence electrons. The first-order chi connectivity index (χ1) is 5.66. The van der Waals surface area contributed by atoms with E-state index in [-0.39, 0.29) is 12.6 Å².